The second-order valence-corrected chi connectivity index (χ2v) is 6.71. The summed E-state index contributed by atoms with van der Waals surface area (Å²) in [6.07, 6.45) is 0.116. The highest BCUT2D eigenvalue weighted by atomic mass is 16.6. The van der Waals surface area contributed by atoms with E-state index in [1.54, 1.807) is 0 Å². The summed E-state index contributed by atoms with van der Waals surface area (Å²) < 4.78 is 15.6. The van der Waals surface area contributed by atoms with Crippen LogP contribution < -0.4 is 0 Å². The maximum absolute atomic E-state index is 12.4. The van der Waals surface area contributed by atoms with Gasteiger partial charge in [0.2, 0.25) is 0 Å². The van der Waals surface area contributed by atoms with Crippen molar-refractivity contribution in [1.29, 1.82) is 0 Å². The fraction of sp³-hybridized carbons (Fsp3) is 0.867. The summed E-state index contributed by atoms with van der Waals surface area (Å²) in [6.45, 7) is 8.93. The predicted molar refractivity (Wildman–Crippen MR) is 79.5 cm³/mol. The largest absolute Gasteiger partial charge is 0.467 e. The van der Waals surface area contributed by atoms with Crippen molar-refractivity contribution in [2.24, 2.45) is 0 Å². The second-order valence-electron chi connectivity index (χ2n) is 6.71. The van der Waals surface area contributed by atoms with Crippen molar-refractivity contribution in [2.45, 2.75) is 44.9 Å². The number of carbonyl (C=O) groups is 2. The third-order valence-corrected chi connectivity index (χ3v) is 3.94. The zero-order chi connectivity index (χ0) is 16.3. The lowest BCUT2D eigenvalue weighted by atomic mass is 10.1. The molecule has 1 amide bonds. The van der Waals surface area contributed by atoms with E-state index in [2.05, 4.69) is 4.90 Å². The van der Waals surface area contributed by atoms with E-state index in [1.807, 2.05) is 20.8 Å². The van der Waals surface area contributed by atoms with E-state index in [0.29, 0.717) is 26.2 Å². The Morgan fingerprint density at radius 1 is 1.18 bits per heavy atom. The third-order valence-electron chi connectivity index (χ3n) is 3.94. The van der Waals surface area contributed by atoms with E-state index in [1.165, 1.54) is 12.0 Å². The summed E-state index contributed by atoms with van der Waals surface area (Å²) >= 11 is 0. The molecule has 0 N–H and O–H groups in total. The number of morpholine rings is 1. The minimum atomic E-state index is -0.588. The molecule has 0 aromatic rings. The molecule has 0 aromatic heterocycles. The Hall–Kier alpha value is -1.34. The monoisotopic (exact) mass is 314 g/mol. The van der Waals surface area contributed by atoms with Crippen LogP contribution in [0.1, 0.15) is 27.2 Å². The average molecular weight is 314 g/mol. The summed E-state index contributed by atoms with van der Waals surface area (Å²) in [5.41, 5.74) is -0.588. The van der Waals surface area contributed by atoms with Crippen molar-refractivity contribution in [3.8, 4) is 0 Å². The van der Waals surface area contributed by atoms with Gasteiger partial charge >= 0.3 is 12.1 Å². The molecule has 2 aliphatic heterocycles. The fourth-order valence-electron chi connectivity index (χ4n) is 2.90. The molecule has 2 aliphatic rings. The lowest BCUT2D eigenvalue weighted by molar-refractivity contribution is -0.145. The molecular formula is C15H26N2O5. The minimum Gasteiger partial charge on any atom is -0.467 e. The standard InChI is InChI=1S/C15H26N2O5/c1-15(2,3)22-14(19)17-10-11(9-12(17)13(18)20-4)16-5-7-21-8-6-16/h11-12H,5-10H2,1-4H3/t11-,12+/m1/s1. The first-order valence-electron chi connectivity index (χ1n) is 7.71. The molecule has 2 fully saturated rings. The highest BCUT2D eigenvalue weighted by Crippen LogP contribution is 2.26. The van der Waals surface area contributed by atoms with E-state index in [9.17, 15) is 9.59 Å². The first-order chi connectivity index (χ1) is 10.3. The van der Waals surface area contributed by atoms with Gasteiger partial charge in [-0.05, 0) is 27.2 Å². The van der Waals surface area contributed by atoms with Gasteiger partial charge in [0, 0.05) is 25.7 Å². The van der Waals surface area contributed by atoms with Gasteiger partial charge < -0.3 is 14.2 Å². The summed E-state index contributed by atoms with van der Waals surface area (Å²) in [7, 11) is 1.34. The molecule has 2 heterocycles. The van der Waals surface area contributed by atoms with Crippen LogP contribution in [0.5, 0.6) is 0 Å². The summed E-state index contributed by atoms with van der Waals surface area (Å²) in [5.74, 6) is -0.387. The van der Waals surface area contributed by atoms with Crippen LogP contribution in [0.3, 0.4) is 0 Å². The Kier molecular flexibility index (Phi) is 5.28. The zero-order valence-electron chi connectivity index (χ0n) is 13.8. The predicted octanol–water partition coefficient (Wildman–Crippen LogP) is 0.870. The molecule has 0 saturated carbocycles. The fourth-order valence-corrected chi connectivity index (χ4v) is 2.90. The van der Waals surface area contributed by atoms with Gasteiger partial charge in [0.15, 0.2) is 0 Å². The van der Waals surface area contributed by atoms with E-state index in [-0.39, 0.29) is 12.0 Å². The number of ether oxygens (including phenoxy) is 3. The van der Waals surface area contributed by atoms with Gasteiger partial charge in [0.25, 0.3) is 0 Å². The molecule has 2 atom stereocenters. The van der Waals surface area contributed by atoms with Gasteiger partial charge in [-0.2, -0.15) is 0 Å². The van der Waals surface area contributed by atoms with Crippen LogP contribution in [0.2, 0.25) is 0 Å². The first kappa shape index (κ1) is 17.0. The number of hydrogen-bond acceptors (Lipinski definition) is 6. The lowest BCUT2D eigenvalue weighted by Crippen LogP contribution is -2.46. The van der Waals surface area contributed by atoms with E-state index in [0.717, 1.165) is 13.1 Å². The number of amides is 1. The van der Waals surface area contributed by atoms with Gasteiger partial charge in [-0.15, -0.1) is 0 Å². The first-order valence-corrected chi connectivity index (χ1v) is 7.71. The normalized spacial score (nSPS) is 26.8. The topological polar surface area (TPSA) is 68.3 Å². The van der Waals surface area contributed by atoms with Crippen molar-refractivity contribution in [3.05, 3.63) is 0 Å². The van der Waals surface area contributed by atoms with Gasteiger partial charge in [0.05, 0.1) is 20.3 Å². The van der Waals surface area contributed by atoms with Crippen LogP contribution in [0.15, 0.2) is 0 Å². The molecule has 0 radical (unpaired) electrons. The summed E-state index contributed by atoms with van der Waals surface area (Å²) in [6, 6.07) is -0.437. The second kappa shape index (κ2) is 6.83. The number of rotatable bonds is 2. The van der Waals surface area contributed by atoms with Crippen molar-refractivity contribution in [3.63, 3.8) is 0 Å². The number of hydrogen-bond donors (Lipinski definition) is 0. The summed E-state index contributed by atoms with van der Waals surface area (Å²) in [4.78, 5) is 28.1. The average Bonchev–Trinajstić information content (AvgIpc) is 2.91. The Labute approximate surface area is 131 Å². The van der Waals surface area contributed by atoms with Gasteiger partial charge in [0.1, 0.15) is 11.6 Å². The molecule has 0 aliphatic carbocycles. The number of carbonyl (C=O) groups excluding carboxylic acids is 2. The van der Waals surface area contributed by atoms with Crippen LogP contribution in [-0.2, 0) is 19.0 Å². The number of esters is 1. The summed E-state index contributed by atoms with van der Waals surface area (Å²) in [5, 5.41) is 0. The highest BCUT2D eigenvalue weighted by molar-refractivity contribution is 5.82. The van der Waals surface area contributed by atoms with Crippen molar-refractivity contribution >= 4 is 12.1 Å². The Bertz CT molecular complexity index is 415. The Morgan fingerprint density at radius 2 is 1.82 bits per heavy atom. The Balaban J connectivity index is 2.07. The van der Waals surface area contributed by atoms with Crippen LogP contribution in [-0.4, -0.2) is 79.5 Å². The molecule has 0 unspecified atom stereocenters. The number of nitrogens with zero attached hydrogens (tertiary/aromatic N) is 2. The third kappa shape index (κ3) is 4.10. The Morgan fingerprint density at radius 3 is 2.36 bits per heavy atom. The zero-order valence-corrected chi connectivity index (χ0v) is 13.8. The van der Waals surface area contributed by atoms with Crippen LogP contribution in [0, 0.1) is 0 Å². The molecule has 2 rings (SSSR count). The van der Waals surface area contributed by atoms with E-state index in [4.69, 9.17) is 14.2 Å². The molecule has 22 heavy (non-hydrogen) atoms. The van der Waals surface area contributed by atoms with Crippen molar-refractivity contribution in [1.82, 2.24) is 9.80 Å². The molecule has 0 bridgehead atoms. The quantitative estimate of drug-likeness (QED) is 0.705. The van der Waals surface area contributed by atoms with Crippen molar-refractivity contribution in [2.75, 3.05) is 40.0 Å². The number of methoxy groups -OCH3 is 1. The van der Waals surface area contributed by atoms with Gasteiger partial charge in [-0.25, -0.2) is 9.59 Å². The minimum absolute atomic E-state index is 0.139. The molecule has 0 spiro atoms. The molecule has 7 heteroatoms. The highest BCUT2D eigenvalue weighted by Gasteiger charge is 2.44. The van der Waals surface area contributed by atoms with Crippen molar-refractivity contribution < 1.29 is 23.8 Å². The van der Waals surface area contributed by atoms with Gasteiger partial charge in [-0.1, -0.05) is 0 Å². The number of likely N-dealkylation sites (tertiary alicyclic amines) is 1. The maximum Gasteiger partial charge on any atom is 0.411 e. The van der Waals surface area contributed by atoms with E-state index >= 15 is 0 Å². The molecule has 2 saturated heterocycles. The maximum atomic E-state index is 12.4. The molecule has 126 valence electrons. The molecule has 7 nitrogen and oxygen atoms in total. The van der Waals surface area contributed by atoms with E-state index < -0.39 is 17.7 Å². The SMILES string of the molecule is COC(=O)[C@@H]1C[C@@H](N2CCOCC2)CN1C(=O)OC(C)(C)C. The van der Waals surface area contributed by atoms with Crippen LogP contribution in [0.4, 0.5) is 4.79 Å². The van der Waals surface area contributed by atoms with Crippen LogP contribution in [0.25, 0.3) is 0 Å². The van der Waals surface area contributed by atoms with Crippen LogP contribution >= 0.6 is 0 Å². The molecule has 0 aromatic carbocycles. The molecular weight excluding hydrogens is 288 g/mol. The smallest absolute Gasteiger partial charge is 0.411 e. The lowest BCUT2D eigenvalue weighted by Gasteiger charge is -2.32. The van der Waals surface area contributed by atoms with Gasteiger partial charge in [-0.3, -0.25) is 9.80 Å².